The number of ether oxygens (including phenoxy) is 1. The Hall–Kier alpha value is -2.18. The highest BCUT2D eigenvalue weighted by Crippen LogP contribution is 2.39. The summed E-state index contributed by atoms with van der Waals surface area (Å²) in [5.41, 5.74) is -1.48. The topological polar surface area (TPSA) is 113 Å². The summed E-state index contributed by atoms with van der Waals surface area (Å²) >= 11 is 0. The number of hydrogen-bond acceptors (Lipinski definition) is 7. The smallest absolute Gasteiger partial charge is 0.199 e. The number of terminal acetylenes is 1. The second-order valence-electron chi connectivity index (χ2n) is 5.06. The maximum atomic E-state index is 10.6. The Morgan fingerprint density at radius 2 is 2.32 bits per heavy atom. The second kappa shape index (κ2) is 5.23. The van der Waals surface area contributed by atoms with Gasteiger partial charge >= 0.3 is 0 Å². The zero-order chi connectivity index (χ0) is 15.9. The standard InChI is InChI=1S/C14H16N4O4/c1-3-14(21)10(20)9(6-19)22-13(14)18-5-4-8-11(15-2)16-7-17-12(8)18/h1,4-5,7,9-10,13,19-21H,6H2,2H3,(H,15,16,17)/t9?,10-,13?,14-/m1/s1. The Kier molecular flexibility index (Phi) is 3.50. The van der Waals surface area contributed by atoms with Crippen molar-refractivity contribution in [3.05, 3.63) is 18.6 Å². The molecule has 0 radical (unpaired) electrons. The van der Waals surface area contributed by atoms with Gasteiger partial charge < -0.3 is 29.9 Å². The molecule has 1 aliphatic heterocycles. The van der Waals surface area contributed by atoms with Gasteiger partial charge in [-0.1, -0.05) is 5.92 Å². The zero-order valence-electron chi connectivity index (χ0n) is 11.8. The van der Waals surface area contributed by atoms with Gasteiger partial charge in [0.05, 0.1) is 12.0 Å². The normalized spacial score (nSPS) is 31.3. The number of aliphatic hydroxyl groups excluding tert-OH is 2. The number of aromatic nitrogens is 3. The van der Waals surface area contributed by atoms with Crippen LogP contribution in [0.25, 0.3) is 11.0 Å². The lowest BCUT2D eigenvalue weighted by Gasteiger charge is -2.26. The fraction of sp³-hybridized carbons (Fsp3) is 0.429. The number of aliphatic hydroxyl groups is 3. The predicted octanol–water partition coefficient (Wildman–Crippen LogP) is -0.912. The third kappa shape index (κ3) is 1.88. The van der Waals surface area contributed by atoms with Crippen molar-refractivity contribution in [2.75, 3.05) is 19.0 Å². The largest absolute Gasteiger partial charge is 0.394 e. The summed E-state index contributed by atoms with van der Waals surface area (Å²) in [5, 5.41) is 33.6. The lowest BCUT2D eigenvalue weighted by Crippen LogP contribution is -2.45. The van der Waals surface area contributed by atoms with Crippen molar-refractivity contribution in [1.82, 2.24) is 14.5 Å². The van der Waals surface area contributed by atoms with E-state index in [0.29, 0.717) is 11.5 Å². The van der Waals surface area contributed by atoms with E-state index in [9.17, 15) is 15.3 Å². The molecule has 4 atom stereocenters. The quantitative estimate of drug-likeness (QED) is 0.543. The van der Waals surface area contributed by atoms with Gasteiger partial charge in [0.15, 0.2) is 11.8 Å². The number of fused-ring (bicyclic) bond motifs is 1. The molecule has 22 heavy (non-hydrogen) atoms. The highest BCUT2D eigenvalue weighted by molar-refractivity contribution is 5.87. The van der Waals surface area contributed by atoms with E-state index < -0.39 is 30.6 Å². The maximum absolute atomic E-state index is 10.6. The third-order valence-corrected chi connectivity index (χ3v) is 3.89. The predicted molar refractivity (Wildman–Crippen MR) is 77.9 cm³/mol. The van der Waals surface area contributed by atoms with E-state index >= 15 is 0 Å². The Bertz CT molecular complexity index is 740. The fourth-order valence-electron chi connectivity index (χ4n) is 2.71. The number of nitrogens with one attached hydrogen (secondary N) is 1. The molecule has 2 aromatic heterocycles. The summed E-state index contributed by atoms with van der Waals surface area (Å²) < 4.78 is 7.07. The highest BCUT2D eigenvalue weighted by atomic mass is 16.6. The van der Waals surface area contributed by atoms with Gasteiger partial charge in [-0.3, -0.25) is 0 Å². The van der Waals surface area contributed by atoms with Gasteiger partial charge in [-0.2, -0.15) is 0 Å². The van der Waals surface area contributed by atoms with Crippen LogP contribution in [0.3, 0.4) is 0 Å². The van der Waals surface area contributed by atoms with Crippen molar-refractivity contribution >= 4 is 16.9 Å². The summed E-state index contributed by atoms with van der Waals surface area (Å²) in [7, 11) is 1.73. The molecule has 8 heteroatoms. The van der Waals surface area contributed by atoms with Crippen LogP contribution in [0.4, 0.5) is 5.82 Å². The average Bonchev–Trinajstić information content (AvgIpc) is 3.08. The molecule has 2 aromatic rings. The maximum Gasteiger partial charge on any atom is 0.199 e. The number of anilines is 1. The Labute approximate surface area is 126 Å². The van der Waals surface area contributed by atoms with Gasteiger partial charge in [-0.15, -0.1) is 6.42 Å². The van der Waals surface area contributed by atoms with Crippen molar-refractivity contribution in [2.24, 2.45) is 0 Å². The monoisotopic (exact) mass is 304 g/mol. The first-order valence-electron chi connectivity index (χ1n) is 6.70. The van der Waals surface area contributed by atoms with Crippen molar-refractivity contribution in [3.8, 4) is 12.3 Å². The van der Waals surface area contributed by atoms with E-state index in [2.05, 4.69) is 21.2 Å². The van der Waals surface area contributed by atoms with Crippen molar-refractivity contribution in [3.63, 3.8) is 0 Å². The van der Waals surface area contributed by atoms with Crippen LogP contribution in [0.1, 0.15) is 6.23 Å². The Morgan fingerprint density at radius 1 is 1.55 bits per heavy atom. The molecule has 3 rings (SSSR count). The number of rotatable bonds is 3. The first-order chi connectivity index (χ1) is 10.6. The molecule has 3 heterocycles. The van der Waals surface area contributed by atoms with Gasteiger partial charge in [-0.05, 0) is 6.07 Å². The van der Waals surface area contributed by atoms with Crippen LogP contribution in [0.2, 0.25) is 0 Å². The van der Waals surface area contributed by atoms with Gasteiger partial charge in [0.25, 0.3) is 0 Å². The van der Waals surface area contributed by atoms with E-state index in [1.807, 2.05) is 0 Å². The minimum atomic E-state index is -1.97. The molecule has 0 aromatic carbocycles. The van der Waals surface area contributed by atoms with Crippen molar-refractivity contribution in [1.29, 1.82) is 0 Å². The molecule has 4 N–H and O–H groups in total. The van der Waals surface area contributed by atoms with Crippen molar-refractivity contribution < 1.29 is 20.1 Å². The van der Waals surface area contributed by atoms with Crippen LogP contribution < -0.4 is 5.32 Å². The van der Waals surface area contributed by atoms with Gasteiger partial charge in [0.2, 0.25) is 0 Å². The molecular formula is C14H16N4O4. The van der Waals surface area contributed by atoms with Crippen LogP contribution in [-0.4, -0.2) is 61.3 Å². The summed E-state index contributed by atoms with van der Waals surface area (Å²) in [6.45, 7) is -0.461. The molecule has 8 nitrogen and oxygen atoms in total. The van der Waals surface area contributed by atoms with Crippen LogP contribution in [0.5, 0.6) is 0 Å². The molecule has 2 unspecified atom stereocenters. The molecule has 1 fully saturated rings. The lowest BCUT2D eigenvalue weighted by atomic mass is 9.95. The minimum Gasteiger partial charge on any atom is -0.394 e. The van der Waals surface area contributed by atoms with E-state index in [0.717, 1.165) is 5.39 Å². The summed E-state index contributed by atoms with van der Waals surface area (Å²) in [6.07, 6.45) is 4.95. The molecule has 0 spiro atoms. The number of hydrogen-bond donors (Lipinski definition) is 4. The molecule has 0 aliphatic carbocycles. The van der Waals surface area contributed by atoms with Crippen LogP contribution in [0.15, 0.2) is 18.6 Å². The first kappa shape index (κ1) is 14.7. The minimum absolute atomic E-state index is 0.461. The van der Waals surface area contributed by atoms with Crippen LogP contribution >= 0.6 is 0 Å². The lowest BCUT2D eigenvalue weighted by molar-refractivity contribution is -0.0718. The SMILES string of the molecule is C#C[C@]1(O)C(n2ccc3c(NC)ncnc32)OC(CO)[C@H]1O. The number of nitrogens with zero attached hydrogens (tertiary/aromatic N) is 3. The van der Waals surface area contributed by atoms with Crippen LogP contribution in [0, 0.1) is 12.3 Å². The highest BCUT2D eigenvalue weighted by Gasteiger charge is 2.55. The van der Waals surface area contributed by atoms with Gasteiger partial charge in [0, 0.05) is 13.2 Å². The van der Waals surface area contributed by atoms with E-state index in [-0.39, 0.29) is 0 Å². The van der Waals surface area contributed by atoms with E-state index in [4.69, 9.17) is 11.2 Å². The first-order valence-corrected chi connectivity index (χ1v) is 6.70. The second-order valence-corrected chi connectivity index (χ2v) is 5.06. The van der Waals surface area contributed by atoms with Crippen molar-refractivity contribution in [2.45, 2.75) is 24.0 Å². The molecular weight excluding hydrogens is 288 g/mol. The average molecular weight is 304 g/mol. The summed E-state index contributed by atoms with van der Waals surface area (Å²) in [6, 6.07) is 1.75. The molecule has 0 saturated carbocycles. The van der Waals surface area contributed by atoms with Gasteiger partial charge in [-0.25, -0.2) is 9.97 Å². The third-order valence-electron chi connectivity index (χ3n) is 3.89. The van der Waals surface area contributed by atoms with E-state index in [1.165, 1.54) is 10.9 Å². The molecule has 116 valence electrons. The van der Waals surface area contributed by atoms with Crippen LogP contribution in [-0.2, 0) is 4.74 Å². The zero-order valence-corrected chi connectivity index (χ0v) is 11.8. The fourth-order valence-corrected chi connectivity index (χ4v) is 2.71. The molecule has 1 saturated heterocycles. The van der Waals surface area contributed by atoms with Gasteiger partial charge in [0.1, 0.15) is 30.0 Å². The summed E-state index contributed by atoms with van der Waals surface area (Å²) in [4.78, 5) is 8.28. The van der Waals surface area contributed by atoms with E-state index in [1.54, 1.807) is 19.3 Å². The summed E-state index contributed by atoms with van der Waals surface area (Å²) in [5.74, 6) is 2.79. The molecule has 1 aliphatic rings. The Morgan fingerprint density at radius 3 is 2.95 bits per heavy atom. The Balaban J connectivity index is 2.13. The molecule has 0 bridgehead atoms. The molecule has 0 amide bonds.